The molecule has 9 nitrogen and oxygen atoms in total. The van der Waals surface area contributed by atoms with Crippen molar-refractivity contribution in [2.24, 2.45) is 0 Å². The van der Waals surface area contributed by atoms with E-state index in [0.717, 1.165) is 60.7 Å². The van der Waals surface area contributed by atoms with Crippen LogP contribution >= 0.6 is 0 Å². The van der Waals surface area contributed by atoms with Gasteiger partial charge in [-0.15, -0.1) is 0 Å². The van der Waals surface area contributed by atoms with Crippen molar-refractivity contribution in [3.05, 3.63) is 82.3 Å². The van der Waals surface area contributed by atoms with E-state index in [-0.39, 0.29) is 12.5 Å². The first-order valence-corrected chi connectivity index (χ1v) is 13.5. The Morgan fingerprint density at radius 1 is 1.03 bits per heavy atom. The van der Waals surface area contributed by atoms with Gasteiger partial charge in [-0.3, -0.25) is 14.5 Å². The number of piperazine rings is 1. The third-order valence-electron chi connectivity index (χ3n) is 8.34. The van der Waals surface area contributed by atoms with Crippen molar-refractivity contribution in [1.29, 1.82) is 5.26 Å². The topological polar surface area (TPSA) is 93.3 Å². The molecule has 0 radical (unpaired) electrons. The van der Waals surface area contributed by atoms with Gasteiger partial charge in [-0.05, 0) is 54.4 Å². The number of aromatic nitrogens is 3. The quantitative estimate of drug-likeness (QED) is 0.444. The summed E-state index contributed by atoms with van der Waals surface area (Å²) in [5, 5.41) is 18.7. The Morgan fingerprint density at radius 2 is 1.87 bits per heavy atom. The summed E-state index contributed by atoms with van der Waals surface area (Å²) in [6, 6.07) is 16.6. The fourth-order valence-electron chi connectivity index (χ4n) is 6.16. The van der Waals surface area contributed by atoms with Gasteiger partial charge in [0, 0.05) is 80.0 Å². The number of pyridine rings is 1. The zero-order valence-corrected chi connectivity index (χ0v) is 22.0. The van der Waals surface area contributed by atoms with Crippen LogP contribution in [0.15, 0.2) is 48.7 Å². The van der Waals surface area contributed by atoms with E-state index in [2.05, 4.69) is 51.3 Å². The second-order valence-corrected chi connectivity index (χ2v) is 10.6. The van der Waals surface area contributed by atoms with Gasteiger partial charge in [0.1, 0.15) is 12.6 Å². The minimum atomic E-state index is 0.0974. The lowest BCUT2D eigenvalue weighted by atomic mass is 10.1. The smallest absolute Gasteiger partial charge is 0.244 e. The van der Waals surface area contributed by atoms with Crippen LogP contribution in [-0.4, -0.2) is 51.8 Å². The van der Waals surface area contributed by atoms with Crippen LogP contribution < -0.4 is 15.1 Å². The molecule has 7 rings (SSSR count). The molecular weight excluding hydrogens is 488 g/mol. The van der Waals surface area contributed by atoms with Gasteiger partial charge in [0.25, 0.3) is 0 Å². The van der Waals surface area contributed by atoms with Gasteiger partial charge in [-0.25, -0.2) is 0 Å². The molecular formula is C30H30N8O. The molecule has 4 aromatic rings. The van der Waals surface area contributed by atoms with Crippen molar-refractivity contribution >= 4 is 28.2 Å². The summed E-state index contributed by atoms with van der Waals surface area (Å²) < 4.78 is 1.87. The van der Waals surface area contributed by atoms with Gasteiger partial charge < -0.3 is 20.0 Å². The first-order chi connectivity index (χ1) is 19.1. The molecule has 39 heavy (non-hydrogen) atoms. The molecule has 0 spiro atoms. The molecule has 0 aliphatic carbocycles. The monoisotopic (exact) mass is 518 g/mol. The van der Waals surface area contributed by atoms with E-state index in [9.17, 15) is 10.1 Å². The highest BCUT2D eigenvalue weighted by Crippen LogP contribution is 2.35. The average Bonchev–Trinajstić information content (AvgIpc) is 3.67. The number of carbonyl (C=O) groups is 1. The summed E-state index contributed by atoms with van der Waals surface area (Å²) in [5.41, 5.74) is 9.31. The first-order valence-electron chi connectivity index (χ1n) is 13.5. The van der Waals surface area contributed by atoms with Crippen molar-refractivity contribution in [2.45, 2.75) is 39.6 Å². The van der Waals surface area contributed by atoms with Crippen LogP contribution in [-0.2, 0) is 37.5 Å². The maximum absolute atomic E-state index is 13.3. The minimum Gasteiger partial charge on any atom is -0.369 e. The van der Waals surface area contributed by atoms with Crippen molar-refractivity contribution in [3.63, 3.8) is 0 Å². The van der Waals surface area contributed by atoms with Crippen molar-refractivity contribution in [3.8, 4) is 6.07 Å². The predicted octanol–water partition coefficient (Wildman–Crippen LogP) is 3.08. The zero-order chi connectivity index (χ0) is 26.5. The number of hydrogen-bond donors (Lipinski definition) is 1. The Bertz CT molecular complexity index is 1640. The second kappa shape index (κ2) is 9.40. The summed E-state index contributed by atoms with van der Waals surface area (Å²) in [6.45, 7) is 9.04. The highest BCUT2D eigenvalue weighted by atomic mass is 16.2. The van der Waals surface area contributed by atoms with E-state index >= 15 is 0 Å². The Kier molecular flexibility index (Phi) is 5.71. The summed E-state index contributed by atoms with van der Waals surface area (Å²) >= 11 is 0. The Morgan fingerprint density at radius 3 is 2.69 bits per heavy atom. The molecule has 1 saturated heterocycles. The van der Waals surface area contributed by atoms with E-state index in [4.69, 9.17) is 5.10 Å². The minimum absolute atomic E-state index is 0.0974. The lowest BCUT2D eigenvalue weighted by molar-refractivity contribution is -0.132. The van der Waals surface area contributed by atoms with Crippen molar-refractivity contribution in [1.82, 2.24) is 25.0 Å². The molecule has 2 aromatic heterocycles. The Balaban J connectivity index is 1.05. The highest BCUT2D eigenvalue weighted by molar-refractivity contribution is 5.95. The molecule has 3 aliphatic rings. The molecule has 0 unspecified atom stereocenters. The maximum atomic E-state index is 13.3. The van der Waals surface area contributed by atoms with Crippen molar-refractivity contribution in [2.75, 3.05) is 36.0 Å². The molecule has 196 valence electrons. The number of nitrogens with zero attached hydrogens (tertiary/aromatic N) is 7. The van der Waals surface area contributed by atoms with Crippen LogP contribution in [0.3, 0.4) is 0 Å². The number of amides is 1. The van der Waals surface area contributed by atoms with E-state index in [1.165, 1.54) is 22.4 Å². The van der Waals surface area contributed by atoms with Gasteiger partial charge in [0.2, 0.25) is 5.91 Å². The highest BCUT2D eigenvalue weighted by Gasteiger charge is 2.30. The Hall–Kier alpha value is -4.42. The van der Waals surface area contributed by atoms with E-state index in [0.29, 0.717) is 25.2 Å². The molecule has 1 fully saturated rings. The second-order valence-electron chi connectivity index (χ2n) is 10.6. The number of nitrogens with one attached hydrogen (secondary N) is 1. The average molecular weight is 519 g/mol. The number of carbonyl (C=O) groups excluding carboxylic acids is 1. The van der Waals surface area contributed by atoms with Gasteiger partial charge in [-0.1, -0.05) is 6.07 Å². The largest absolute Gasteiger partial charge is 0.369 e. The number of benzene rings is 2. The van der Waals surface area contributed by atoms with Gasteiger partial charge in [-0.2, -0.15) is 10.4 Å². The fourth-order valence-corrected chi connectivity index (χ4v) is 6.16. The molecule has 0 saturated carbocycles. The SMILES string of the molecule is Cc1c2c(nn1CC(=O)N1Cc3ccc(N4CCNCC4)cc3C1)CN(c1ccc(C#N)c3ncccc13)C2. The van der Waals surface area contributed by atoms with E-state index in [1.807, 2.05) is 33.8 Å². The fraction of sp³-hybridized carbons (Fsp3) is 0.333. The van der Waals surface area contributed by atoms with Gasteiger partial charge in [0.15, 0.2) is 0 Å². The van der Waals surface area contributed by atoms with E-state index in [1.54, 1.807) is 6.20 Å². The normalized spacial score (nSPS) is 16.5. The number of nitriles is 1. The number of anilines is 2. The summed E-state index contributed by atoms with van der Waals surface area (Å²) in [5.74, 6) is 0.0974. The molecule has 9 heteroatoms. The lowest BCUT2D eigenvalue weighted by Gasteiger charge is -2.29. The van der Waals surface area contributed by atoms with E-state index < -0.39 is 0 Å². The molecule has 0 bridgehead atoms. The number of fused-ring (bicyclic) bond motifs is 3. The van der Waals surface area contributed by atoms with Crippen LogP contribution in [0, 0.1) is 18.3 Å². The standard InChI is InChI=1S/C30H30N8O/c1-20-26-17-36(28-7-5-21(14-31)30-25(28)3-2-8-33-30)18-27(26)34-38(20)19-29(39)37-15-22-4-6-24(13-23(22)16-37)35-11-9-32-10-12-35/h2-8,13,32H,9-12,15-19H2,1H3. The van der Waals surface area contributed by atoms with Gasteiger partial charge in [0.05, 0.1) is 23.3 Å². The number of rotatable bonds is 4. The molecule has 3 aliphatic heterocycles. The molecule has 2 aromatic carbocycles. The van der Waals surface area contributed by atoms with Crippen molar-refractivity contribution < 1.29 is 4.79 Å². The van der Waals surface area contributed by atoms with Crippen LogP contribution in [0.25, 0.3) is 10.9 Å². The third-order valence-corrected chi connectivity index (χ3v) is 8.34. The van der Waals surface area contributed by atoms with Crippen LogP contribution in [0.2, 0.25) is 0 Å². The molecule has 1 amide bonds. The van der Waals surface area contributed by atoms with Crippen LogP contribution in [0.1, 0.15) is 33.6 Å². The first kappa shape index (κ1) is 23.7. The Labute approximate surface area is 227 Å². The van der Waals surface area contributed by atoms with Crippen LogP contribution in [0.5, 0.6) is 0 Å². The predicted molar refractivity (Wildman–Crippen MR) is 149 cm³/mol. The summed E-state index contributed by atoms with van der Waals surface area (Å²) in [7, 11) is 0. The lowest BCUT2D eigenvalue weighted by Crippen LogP contribution is -2.43. The maximum Gasteiger partial charge on any atom is 0.244 e. The van der Waals surface area contributed by atoms with Gasteiger partial charge >= 0.3 is 0 Å². The third kappa shape index (κ3) is 4.08. The summed E-state index contributed by atoms with van der Waals surface area (Å²) in [4.78, 5) is 24.4. The molecule has 0 atom stereocenters. The molecule has 5 heterocycles. The van der Waals surface area contributed by atoms with Crippen LogP contribution in [0.4, 0.5) is 11.4 Å². The molecule has 1 N–H and O–H groups in total. The number of hydrogen-bond acceptors (Lipinski definition) is 7. The summed E-state index contributed by atoms with van der Waals surface area (Å²) in [6.07, 6.45) is 1.72. The zero-order valence-electron chi connectivity index (χ0n) is 22.0.